The molecule has 1 saturated heterocycles. The van der Waals surface area contributed by atoms with Crippen molar-refractivity contribution < 1.29 is 13.9 Å². The average Bonchev–Trinajstić information content (AvgIpc) is 2.91. The first-order valence-electron chi connectivity index (χ1n) is 14.1. The van der Waals surface area contributed by atoms with E-state index in [9.17, 15) is 9.18 Å². The zero-order valence-corrected chi connectivity index (χ0v) is 23.3. The van der Waals surface area contributed by atoms with Gasteiger partial charge in [-0.3, -0.25) is 4.90 Å². The summed E-state index contributed by atoms with van der Waals surface area (Å²) < 4.78 is 18.5. The number of nitrogens with one attached hydrogen (secondary N) is 3. The molecule has 39 heavy (non-hydrogen) atoms. The van der Waals surface area contributed by atoms with Crippen LogP contribution in [0.2, 0.25) is 0 Å². The second kappa shape index (κ2) is 13.6. The van der Waals surface area contributed by atoms with Gasteiger partial charge in [0.15, 0.2) is 5.69 Å². The molecule has 0 spiro atoms. The lowest BCUT2D eigenvalue weighted by molar-refractivity contribution is 0.0594. The number of esters is 1. The molecule has 1 aromatic carbocycles. The summed E-state index contributed by atoms with van der Waals surface area (Å²) >= 11 is 0. The van der Waals surface area contributed by atoms with Crippen LogP contribution in [0.3, 0.4) is 0 Å². The number of aromatic nitrogens is 1. The van der Waals surface area contributed by atoms with E-state index in [1.807, 2.05) is 6.92 Å². The smallest absolute Gasteiger partial charge is 0.356 e. The molecule has 1 aromatic heterocycles. The third-order valence-corrected chi connectivity index (χ3v) is 7.89. The van der Waals surface area contributed by atoms with Gasteiger partial charge in [0.05, 0.1) is 12.7 Å². The van der Waals surface area contributed by atoms with E-state index in [1.165, 1.54) is 19.2 Å². The van der Waals surface area contributed by atoms with Gasteiger partial charge >= 0.3 is 5.97 Å². The van der Waals surface area contributed by atoms with Crippen LogP contribution in [0, 0.1) is 34.9 Å². The first-order chi connectivity index (χ1) is 18.9. The van der Waals surface area contributed by atoms with E-state index in [0.717, 1.165) is 58.0 Å². The van der Waals surface area contributed by atoms with Crippen LogP contribution in [0.5, 0.6) is 0 Å². The van der Waals surface area contributed by atoms with Crippen molar-refractivity contribution in [3.63, 3.8) is 0 Å². The summed E-state index contributed by atoms with van der Waals surface area (Å²) in [6, 6.07) is 8.08. The summed E-state index contributed by atoms with van der Waals surface area (Å²) in [5.74, 6) is 6.53. The van der Waals surface area contributed by atoms with E-state index < -0.39 is 5.97 Å². The number of benzene rings is 1. The molecule has 2 fully saturated rings. The Morgan fingerprint density at radius 1 is 1.26 bits per heavy atom. The minimum absolute atomic E-state index is 0.151. The SMILES string of the molecule is CC#CC1CCCN(C(CC)CCNc2cc(C(=O)OC)nc(Nc3ccc(F)cc3)c2C(=N)C2CCC2)C1. The number of methoxy groups -OCH3 is 1. The number of carbonyl (C=O) groups is 1. The summed E-state index contributed by atoms with van der Waals surface area (Å²) in [6.07, 6.45) is 7.31. The van der Waals surface area contributed by atoms with Crippen LogP contribution < -0.4 is 10.6 Å². The van der Waals surface area contributed by atoms with E-state index in [4.69, 9.17) is 10.1 Å². The van der Waals surface area contributed by atoms with E-state index in [2.05, 4.69) is 39.3 Å². The summed E-state index contributed by atoms with van der Waals surface area (Å²) in [4.78, 5) is 19.7. The Labute approximate surface area is 231 Å². The first-order valence-corrected chi connectivity index (χ1v) is 14.1. The summed E-state index contributed by atoms with van der Waals surface area (Å²) in [5, 5.41) is 15.8. The molecule has 2 unspecified atom stereocenters. The predicted molar refractivity (Wildman–Crippen MR) is 154 cm³/mol. The fourth-order valence-corrected chi connectivity index (χ4v) is 5.51. The van der Waals surface area contributed by atoms with Crippen LogP contribution in [-0.4, -0.2) is 54.4 Å². The zero-order valence-electron chi connectivity index (χ0n) is 23.3. The number of likely N-dealkylation sites (tertiary alicyclic amines) is 1. The molecule has 4 rings (SSSR count). The second-order valence-electron chi connectivity index (χ2n) is 10.4. The van der Waals surface area contributed by atoms with Gasteiger partial charge in [0.2, 0.25) is 0 Å². The third kappa shape index (κ3) is 7.15. The highest BCUT2D eigenvalue weighted by atomic mass is 19.1. The zero-order chi connectivity index (χ0) is 27.8. The molecule has 1 saturated carbocycles. The second-order valence-corrected chi connectivity index (χ2v) is 10.4. The van der Waals surface area contributed by atoms with Crippen molar-refractivity contribution in [2.24, 2.45) is 11.8 Å². The maximum absolute atomic E-state index is 13.5. The molecule has 1 aliphatic heterocycles. The lowest BCUT2D eigenvalue weighted by atomic mass is 9.79. The standard InChI is InChI=1S/C31H40FN5O2/c1-4-8-21-9-7-18-37(20-21)25(5-2)16-17-34-26-19-27(31(38)39-3)36-30(28(26)29(33)22-10-6-11-22)35-24-14-12-23(32)13-15-24/h12-15,19,21-22,25,33H,5-7,9-11,16-18,20H2,1-3H3,(H2,34,35,36). The van der Waals surface area contributed by atoms with Gasteiger partial charge in [0.1, 0.15) is 11.6 Å². The predicted octanol–water partition coefficient (Wildman–Crippen LogP) is 6.23. The van der Waals surface area contributed by atoms with Crippen molar-refractivity contribution in [1.82, 2.24) is 9.88 Å². The Kier molecular flexibility index (Phi) is 9.94. The van der Waals surface area contributed by atoms with Gasteiger partial charge in [0.25, 0.3) is 0 Å². The van der Waals surface area contributed by atoms with Crippen molar-refractivity contribution in [1.29, 1.82) is 5.41 Å². The Morgan fingerprint density at radius 2 is 2.03 bits per heavy atom. The van der Waals surface area contributed by atoms with Gasteiger partial charge in [-0.25, -0.2) is 14.2 Å². The van der Waals surface area contributed by atoms with Crippen LogP contribution >= 0.6 is 0 Å². The molecule has 2 aliphatic rings. The number of hydrogen-bond donors (Lipinski definition) is 3. The van der Waals surface area contributed by atoms with Crippen LogP contribution in [0.25, 0.3) is 0 Å². The average molecular weight is 534 g/mol. The van der Waals surface area contributed by atoms with Gasteiger partial charge in [0, 0.05) is 48.1 Å². The highest BCUT2D eigenvalue weighted by Gasteiger charge is 2.29. The van der Waals surface area contributed by atoms with E-state index in [-0.39, 0.29) is 17.4 Å². The highest BCUT2D eigenvalue weighted by Crippen LogP contribution is 2.36. The minimum Gasteiger partial charge on any atom is -0.464 e. The summed E-state index contributed by atoms with van der Waals surface area (Å²) in [6.45, 7) is 6.92. The third-order valence-electron chi connectivity index (χ3n) is 7.89. The molecular formula is C31H40FN5O2. The van der Waals surface area contributed by atoms with Gasteiger partial charge in [-0.1, -0.05) is 19.3 Å². The topological polar surface area (TPSA) is 90.3 Å². The van der Waals surface area contributed by atoms with Crippen molar-refractivity contribution in [3.8, 4) is 11.8 Å². The number of anilines is 3. The Morgan fingerprint density at radius 3 is 2.67 bits per heavy atom. The summed E-state index contributed by atoms with van der Waals surface area (Å²) in [7, 11) is 1.33. The normalized spacial score (nSPS) is 18.3. The molecule has 1 aliphatic carbocycles. The van der Waals surface area contributed by atoms with Crippen LogP contribution in [0.1, 0.15) is 74.8 Å². The Bertz CT molecular complexity index is 1220. The lowest BCUT2D eigenvalue weighted by Gasteiger charge is -2.36. The van der Waals surface area contributed by atoms with Gasteiger partial charge in [-0.2, -0.15) is 0 Å². The molecule has 0 radical (unpaired) electrons. The Hall–Kier alpha value is -3.44. The van der Waals surface area contributed by atoms with Crippen LogP contribution in [-0.2, 0) is 4.74 Å². The molecule has 8 heteroatoms. The maximum atomic E-state index is 13.5. The number of ether oxygens (including phenoxy) is 1. The molecule has 0 bridgehead atoms. The van der Waals surface area contributed by atoms with Crippen molar-refractivity contribution in [3.05, 3.63) is 47.4 Å². The number of rotatable bonds is 11. The number of hydrogen-bond acceptors (Lipinski definition) is 7. The van der Waals surface area contributed by atoms with Crippen LogP contribution in [0.15, 0.2) is 30.3 Å². The van der Waals surface area contributed by atoms with E-state index in [0.29, 0.717) is 47.0 Å². The molecule has 7 nitrogen and oxygen atoms in total. The van der Waals surface area contributed by atoms with Crippen molar-refractivity contribution in [2.75, 3.05) is 37.4 Å². The number of pyridine rings is 1. The molecule has 2 aromatic rings. The number of halogens is 1. The van der Waals surface area contributed by atoms with E-state index >= 15 is 0 Å². The van der Waals surface area contributed by atoms with E-state index in [1.54, 1.807) is 18.2 Å². The molecule has 2 atom stereocenters. The molecule has 3 N–H and O–H groups in total. The minimum atomic E-state index is -0.551. The highest BCUT2D eigenvalue weighted by molar-refractivity contribution is 6.10. The molecule has 2 heterocycles. The number of carbonyl (C=O) groups excluding carboxylic acids is 1. The quantitative estimate of drug-likeness (QED) is 0.180. The first kappa shape index (κ1) is 28.6. The summed E-state index contributed by atoms with van der Waals surface area (Å²) in [5.41, 5.74) is 2.62. The van der Waals surface area contributed by atoms with Crippen molar-refractivity contribution >= 4 is 28.9 Å². The maximum Gasteiger partial charge on any atom is 0.356 e. The van der Waals surface area contributed by atoms with Crippen LogP contribution in [0.4, 0.5) is 21.6 Å². The fourth-order valence-electron chi connectivity index (χ4n) is 5.51. The van der Waals surface area contributed by atoms with Gasteiger partial charge in [-0.15, -0.1) is 5.92 Å². The van der Waals surface area contributed by atoms with Gasteiger partial charge < -0.3 is 20.8 Å². The number of piperidine rings is 1. The van der Waals surface area contributed by atoms with Crippen molar-refractivity contribution in [2.45, 2.75) is 64.8 Å². The lowest BCUT2D eigenvalue weighted by Crippen LogP contribution is -2.43. The molecule has 0 amide bonds. The van der Waals surface area contributed by atoms with Gasteiger partial charge in [-0.05, 0) is 82.3 Å². The molecular weight excluding hydrogens is 493 g/mol. The monoisotopic (exact) mass is 533 g/mol. The number of nitrogens with zero attached hydrogens (tertiary/aromatic N) is 2. The fraction of sp³-hybridized carbons (Fsp3) is 0.516. The largest absolute Gasteiger partial charge is 0.464 e. The molecule has 208 valence electrons. The Balaban J connectivity index is 1.60.